The molecule has 0 saturated heterocycles. The zero-order valence-corrected chi connectivity index (χ0v) is 12.7. The minimum atomic E-state index is -0.499. The molecule has 0 aliphatic rings. The van der Waals surface area contributed by atoms with Crippen LogP contribution in [0.15, 0.2) is 18.2 Å². The number of rotatable bonds is 2. The molecule has 0 spiro atoms. The Labute approximate surface area is 120 Å². The van der Waals surface area contributed by atoms with Crippen LogP contribution in [0.25, 0.3) is 0 Å². The molecule has 0 aliphatic carbocycles. The zero-order valence-electron chi connectivity index (χ0n) is 12.7. The molecule has 0 aliphatic heterocycles. The fourth-order valence-corrected chi connectivity index (χ4v) is 1.51. The fraction of sp³-hybridized carbons (Fsp3) is 0.438. The number of hydrogen-bond donors (Lipinski definition) is 1. The van der Waals surface area contributed by atoms with Gasteiger partial charge in [0.1, 0.15) is 11.4 Å². The van der Waals surface area contributed by atoms with Crippen LogP contribution in [0.5, 0.6) is 5.75 Å². The van der Waals surface area contributed by atoms with E-state index in [9.17, 15) is 4.79 Å². The lowest BCUT2D eigenvalue weighted by molar-refractivity contribution is 0.0535. The van der Waals surface area contributed by atoms with Crippen LogP contribution in [0, 0.1) is 18.8 Å². The lowest BCUT2D eigenvalue weighted by Crippen LogP contribution is -2.32. The van der Waals surface area contributed by atoms with Gasteiger partial charge in [-0.15, -0.1) is 0 Å². The van der Waals surface area contributed by atoms with Gasteiger partial charge in [0.2, 0.25) is 0 Å². The van der Waals surface area contributed by atoms with Crippen molar-refractivity contribution in [1.82, 2.24) is 5.32 Å². The van der Waals surface area contributed by atoms with Crippen LogP contribution in [-0.2, 0) is 4.74 Å². The van der Waals surface area contributed by atoms with Crippen molar-refractivity contribution in [2.75, 3.05) is 13.7 Å². The Kier molecular flexibility index (Phi) is 5.45. The summed E-state index contributed by atoms with van der Waals surface area (Å²) in [6.45, 7) is 7.67. The first-order valence-corrected chi connectivity index (χ1v) is 6.41. The molecule has 1 aromatic carbocycles. The van der Waals surface area contributed by atoms with Crippen molar-refractivity contribution < 1.29 is 14.3 Å². The molecular formula is C16H21NO3. The summed E-state index contributed by atoms with van der Waals surface area (Å²) in [6, 6.07) is 5.75. The lowest BCUT2D eigenvalue weighted by Gasteiger charge is -2.19. The highest BCUT2D eigenvalue weighted by Crippen LogP contribution is 2.15. The van der Waals surface area contributed by atoms with Crippen LogP contribution in [0.4, 0.5) is 4.79 Å². The number of carbonyl (C=O) groups is 1. The number of nitrogens with one attached hydrogen (secondary N) is 1. The molecule has 108 valence electrons. The Morgan fingerprint density at radius 3 is 2.60 bits per heavy atom. The number of amides is 1. The summed E-state index contributed by atoms with van der Waals surface area (Å²) in [5.74, 6) is 6.63. The highest BCUT2D eigenvalue weighted by atomic mass is 16.6. The third-order valence-electron chi connectivity index (χ3n) is 2.24. The number of alkyl carbamates (subject to hydrolysis) is 1. The fourth-order valence-electron chi connectivity index (χ4n) is 1.51. The normalized spacial score (nSPS) is 10.2. The van der Waals surface area contributed by atoms with Gasteiger partial charge in [-0.1, -0.05) is 11.8 Å². The maximum absolute atomic E-state index is 11.4. The molecule has 0 saturated carbocycles. The molecular weight excluding hydrogens is 254 g/mol. The van der Waals surface area contributed by atoms with Crippen LogP contribution in [-0.4, -0.2) is 25.3 Å². The van der Waals surface area contributed by atoms with Gasteiger partial charge in [0.15, 0.2) is 0 Å². The van der Waals surface area contributed by atoms with Gasteiger partial charge < -0.3 is 14.8 Å². The quantitative estimate of drug-likeness (QED) is 0.844. The van der Waals surface area contributed by atoms with Crippen molar-refractivity contribution in [3.63, 3.8) is 0 Å². The van der Waals surface area contributed by atoms with E-state index in [-0.39, 0.29) is 6.54 Å². The third-order valence-corrected chi connectivity index (χ3v) is 2.24. The largest absolute Gasteiger partial charge is 0.497 e. The summed E-state index contributed by atoms with van der Waals surface area (Å²) in [4.78, 5) is 11.4. The topological polar surface area (TPSA) is 47.6 Å². The molecule has 0 radical (unpaired) electrons. The van der Waals surface area contributed by atoms with Gasteiger partial charge in [-0.3, -0.25) is 0 Å². The zero-order chi connectivity index (χ0) is 15.2. The van der Waals surface area contributed by atoms with Crippen LogP contribution in [0.3, 0.4) is 0 Å². The summed E-state index contributed by atoms with van der Waals surface area (Å²) >= 11 is 0. The number of carbonyl (C=O) groups excluding carboxylic acids is 1. The summed E-state index contributed by atoms with van der Waals surface area (Å²) in [5, 5.41) is 2.59. The monoisotopic (exact) mass is 275 g/mol. The Morgan fingerprint density at radius 2 is 2.00 bits per heavy atom. The Balaban J connectivity index is 2.55. The molecule has 20 heavy (non-hydrogen) atoms. The SMILES string of the molecule is COc1cc(C)cc(C#CCNC(=O)OC(C)(C)C)c1. The maximum atomic E-state index is 11.4. The van der Waals surface area contributed by atoms with E-state index in [1.165, 1.54) is 0 Å². The van der Waals surface area contributed by atoms with Gasteiger partial charge in [-0.25, -0.2) is 4.79 Å². The third kappa shape index (κ3) is 6.14. The number of ether oxygens (including phenoxy) is 2. The van der Waals surface area contributed by atoms with E-state index in [1.807, 2.05) is 45.9 Å². The second kappa shape index (κ2) is 6.85. The van der Waals surface area contributed by atoms with Crippen LogP contribution in [0.2, 0.25) is 0 Å². The molecule has 0 atom stereocenters. The maximum Gasteiger partial charge on any atom is 0.408 e. The molecule has 0 fully saturated rings. The van der Waals surface area contributed by atoms with Crippen molar-refractivity contribution in [2.45, 2.75) is 33.3 Å². The van der Waals surface area contributed by atoms with Gasteiger partial charge in [0.25, 0.3) is 0 Å². The summed E-state index contributed by atoms with van der Waals surface area (Å²) in [7, 11) is 1.62. The Hall–Kier alpha value is -2.15. The second-order valence-corrected chi connectivity index (χ2v) is 5.40. The minimum absolute atomic E-state index is 0.241. The molecule has 1 amide bonds. The van der Waals surface area contributed by atoms with E-state index < -0.39 is 11.7 Å². The van der Waals surface area contributed by atoms with Gasteiger partial charge in [0.05, 0.1) is 13.7 Å². The van der Waals surface area contributed by atoms with Crippen LogP contribution < -0.4 is 10.1 Å². The van der Waals surface area contributed by atoms with E-state index in [4.69, 9.17) is 9.47 Å². The van der Waals surface area contributed by atoms with E-state index >= 15 is 0 Å². The molecule has 4 heteroatoms. The first-order chi connectivity index (χ1) is 9.30. The lowest BCUT2D eigenvalue weighted by atomic mass is 10.1. The van der Waals surface area contributed by atoms with Gasteiger partial charge >= 0.3 is 6.09 Å². The van der Waals surface area contributed by atoms with E-state index in [0.29, 0.717) is 0 Å². The van der Waals surface area contributed by atoms with Crippen LogP contribution >= 0.6 is 0 Å². The Morgan fingerprint density at radius 1 is 1.30 bits per heavy atom. The van der Waals surface area contributed by atoms with Crippen LogP contribution in [0.1, 0.15) is 31.9 Å². The van der Waals surface area contributed by atoms with Gasteiger partial charge in [-0.05, 0) is 51.5 Å². The van der Waals surface area contributed by atoms with E-state index in [1.54, 1.807) is 7.11 Å². The molecule has 0 bridgehead atoms. The Bertz CT molecular complexity index is 533. The highest BCUT2D eigenvalue weighted by Gasteiger charge is 2.14. The highest BCUT2D eigenvalue weighted by molar-refractivity contribution is 5.68. The van der Waals surface area contributed by atoms with Crippen molar-refractivity contribution in [3.8, 4) is 17.6 Å². The van der Waals surface area contributed by atoms with Crippen molar-refractivity contribution >= 4 is 6.09 Å². The minimum Gasteiger partial charge on any atom is -0.497 e. The van der Waals surface area contributed by atoms with Gasteiger partial charge in [-0.2, -0.15) is 0 Å². The number of benzene rings is 1. The predicted molar refractivity (Wildman–Crippen MR) is 78.8 cm³/mol. The smallest absolute Gasteiger partial charge is 0.408 e. The molecule has 1 rings (SSSR count). The standard InChI is InChI=1S/C16H21NO3/c1-12-9-13(11-14(10-12)19-5)7-6-8-17-15(18)20-16(2,3)4/h9-11H,8H2,1-5H3,(H,17,18). The summed E-state index contributed by atoms with van der Waals surface area (Å²) in [5.41, 5.74) is 1.43. The first kappa shape index (κ1) is 15.9. The first-order valence-electron chi connectivity index (χ1n) is 6.41. The number of aryl methyl sites for hydroxylation is 1. The molecule has 0 unspecified atom stereocenters. The summed E-state index contributed by atoms with van der Waals surface area (Å²) in [6.07, 6.45) is -0.464. The molecule has 1 aromatic rings. The molecule has 0 aromatic heterocycles. The van der Waals surface area contributed by atoms with Gasteiger partial charge in [0, 0.05) is 5.56 Å². The van der Waals surface area contributed by atoms with E-state index in [2.05, 4.69) is 17.2 Å². The number of hydrogen-bond acceptors (Lipinski definition) is 3. The molecule has 1 N–H and O–H groups in total. The predicted octanol–water partition coefficient (Wildman–Crippen LogP) is 2.88. The average molecular weight is 275 g/mol. The summed E-state index contributed by atoms with van der Waals surface area (Å²) < 4.78 is 10.3. The average Bonchev–Trinajstić information content (AvgIpc) is 2.32. The molecule has 0 heterocycles. The van der Waals surface area contributed by atoms with Crippen molar-refractivity contribution in [3.05, 3.63) is 29.3 Å². The second-order valence-electron chi connectivity index (χ2n) is 5.40. The molecule has 4 nitrogen and oxygen atoms in total. The van der Waals surface area contributed by atoms with E-state index in [0.717, 1.165) is 16.9 Å². The van der Waals surface area contributed by atoms with Crippen molar-refractivity contribution in [2.24, 2.45) is 0 Å². The number of methoxy groups -OCH3 is 1. The van der Waals surface area contributed by atoms with Crippen molar-refractivity contribution in [1.29, 1.82) is 0 Å².